The van der Waals surface area contributed by atoms with Crippen molar-refractivity contribution in [2.45, 2.75) is 53.2 Å². The van der Waals surface area contributed by atoms with E-state index in [0.717, 1.165) is 18.6 Å². The number of benzene rings is 1. The lowest BCUT2D eigenvalue weighted by Gasteiger charge is -2.20. The highest BCUT2D eigenvalue weighted by molar-refractivity contribution is 5.76. The van der Waals surface area contributed by atoms with E-state index in [4.69, 9.17) is 4.74 Å². The minimum atomic E-state index is -0.975. The standard InChI is InChI=1S/C26H33F2N5O3/c1-5-12-32(18(4)34)13-6-11-29-24-26(35)33(14-15-36-17(2)3)25-23(30-24)10-9-22(31-25)19-7-8-20(27)21(28)16-19/h7-10,16-17H,5-6,11-15H2,1-4H3,(H,29,30). The Morgan fingerprint density at radius 3 is 2.58 bits per heavy atom. The van der Waals surface area contributed by atoms with E-state index >= 15 is 0 Å². The van der Waals surface area contributed by atoms with Crippen LogP contribution in [0.25, 0.3) is 22.4 Å². The van der Waals surface area contributed by atoms with E-state index in [1.54, 1.807) is 24.0 Å². The van der Waals surface area contributed by atoms with Crippen LogP contribution in [-0.4, -0.2) is 57.7 Å². The molecule has 0 atom stereocenters. The molecule has 1 amide bonds. The summed E-state index contributed by atoms with van der Waals surface area (Å²) in [6.07, 6.45) is 1.52. The van der Waals surface area contributed by atoms with Crippen molar-refractivity contribution in [3.8, 4) is 11.3 Å². The van der Waals surface area contributed by atoms with Crippen molar-refractivity contribution < 1.29 is 18.3 Å². The first kappa shape index (κ1) is 27.2. The molecule has 0 spiro atoms. The van der Waals surface area contributed by atoms with Crippen molar-refractivity contribution in [3.05, 3.63) is 52.3 Å². The van der Waals surface area contributed by atoms with Gasteiger partial charge in [0.1, 0.15) is 5.52 Å². The zero-order chi connectivity index (χ0) is 26.2. The van der Waals surface area contributed by atoms with Gasteiger partial charge in [0.05, 0.1) is 24.9 Å². The minimum Gasteiger partial charge on any atom is -0.377 e. The number of nitrogens with one attached hydrogen (secondary N) is 1. The average molecular weight is 502 g/mol. The average Bonchev–Trinajstić information content (AvgIpc) is 2.84. The molecule has 3 rings (SSSR count). The molecule has 2 heterocycles. The Bertz CT molecular complexity index is 1260. The molecule has 0 saturated carbocycles. The van der Waals surface area contributed by atoms with E-state index in [1.165, 1.54) is 10.6 Å². The summed E-state index contributed by atoms with van der Waals surface area (Å²) >= 11 is 0. The summed E-state index contributed by atoms with van der Waals surface area (Å²) in [4.78, 5) is 35.9. The number of carbonyl (C=O) groups excluding carboxylic acids is 1. The zero-order valence-electron chi connectivity index (χ0n) is 21.2. The van der Waals surface area contributed by atoms with Crippen LogP contribution < -0.4 is 10.9 Å². The fourth-order valence-corrected chi connectivity index (χ4v) is 3.81. The van der Waals surface area contributed by atoms with E-state index in [0.29, 0.717) is 48.5 Å². The van der Waals surface area contributed by atoms with Crippen LogP contribution in [0, 0.1) is 11.6 Å². The molecule has 0 fully saturated rings. The molecule has 0 aliphatic rings. The second-order valence-corrected chi connectivity index (χ2v) is 8.79. The number of nitrogens with zero attached hydrogens (tertiary/aromatic N) is 4. The van der Waals surface area contributed by atoms with E-state index in [-0.39, 0.29) is 36.5 Å². The predicted molar refractivity (Wildman–Crippen MR) is 136 cm³/mol. The Kier molecular flexibility index (Phi) is 9.46. The van der Waals surface area contributed by atoms with Gasteiger partial charge in [-0.25, -0.2) is 18.7 Å². The third-order valence-electron chi connectivity index (χ3n) is 5.61. The Hall–Kier alpha value is -3.40. The highest BCUT2D eigenvalue weighted by Gasteiger charge is 2.15. The Morgan fingerprint density at radius 2 is 1.92 bits per heavy atom. The lowest BCUT2D eigenvalue weighted by Crippen LogP contribution is -2.32. The quantitative estimate of drug-likeness (QED) is 0.374. The van der Waals surface area contributed by atoms with Gasteiger partial charge in [0.2, 0.25) is 5.91 Å². The fraction of sp³-hybridized carbons (Fsp3) is 0.462. The van der Waals surface area contributed by atoms with Crippen LogP contribution in [0.4, 0.5) is 14.6 Å². The summed E-state index contributed by atoms with van der Waals surface area (Å²) in [5, 5.41) is 3.10. The molecule has 194 valence electrons. The lowest BCUT2D eigenvalue weighted by atomic mass is 10.1. The van der Waals surface area contributed by atoms with E-state index in [2.05, 4.69) is 15.3 Å². The Morgan fingerprint density at radius 1 is 1.14 bits per heavy atom. The van der Waals surface area contributed by atoms with E-state index in [9.17, 15) is 18.4 Å². The van der Waals surface area contributed by atoms with Gasteiger partial charge in [0.25, 0.3) is 5.56 Å². The highest BCUT2D eigenvalue weighted by Crippen LogP contribution is 2.22. The number of anilines is 1. The zero-order valence-corrected chi connectivity index (χ0v) is 21.2. The first-order valence-electron chi connectivity index (χ1n) is 12.2. The molecule has 8 nitrogen and oxygen atoms in total. The smallest absolute Gasteiger partial charge is 0.295 e. The number of halogens is 2. The summed E-state index contributed by atoms with van der Waals surface area (Å²) in [5.74, 6) is -1.71. The van der Waals surface area contributed by atoms with Gasteiger partial charge in [-0.2, -0.15) is 0 Å². The van der Waals surface area contributed by atoms with Crippen LogP contribution in [0.15, 0.2) is 35.1 Å². The van der Waals surface area contributed by atoms with Crippen LogP contribution in [0.1, 0.15) is 40.5 Å². The molecular weight excluding hydrogens is 468 g/mol. The summed E-state index contributed by atoms with van der Waals surface area (Å²) in [5.41, 5.74) is 1.22. The number of fused-ring (bicyclic) bond motifs is 1. The molecule has 0 radical (unpaired) electrons. The number of pyridine rings is 1. The van der Waals surface area contributed by atoms with E-state index < -0.39 is 11.6 Å². The van der Waals surface area contributed by atoms with Gasteiger partial charge in [-0.1, -0.05) is 6.92 Å². The molecular formula is C26H33F2N5O3. The van der Waals surface area contributed by atoms with Crippen LogP contribution in [0.2, 0.25) is 0 Å². The molecule has 3 aromatic rings. The van der Waals surface area contributed by atoms with Gasteiger partial charge in [-0.15, -0.1) is 0 Å². The molecule has 0 bridgehead atoms. The molecule has 0 saturated heterocycles. The topological polar surface area (TPSA) is 89.3 Å². The monoisotopic (exact) mass is 501 g/mol. The highest BCUT2D eigenvalue weighted by atomic mass is 19.2. The summed E-state index contributed by atoms with van der Waals surface area (Å²) in [6.45, 7) is 9.65. The SMILES string of the molecule is CCCN(CCCNc1nc2ccc(-c3ccc(F)c(F)c3)nc2n(CCOC(C)C)c1=O)C(C)=O. The van der Waals surface area contributed by atoms with Crippen molar-refractivity contribution in [1.82, 2.24) is 19.4 Å². The maximum Gasteiger partial charge on any atom is 0.295 e. The Labute approximate surface area is 209 Å². The van der Waals surface area contributed by atoms with Gasteiger partial charge in [0.15, 0.2) is 23.1 Å². The summed E-state index contributed by atoms with van der Waals surface area (Å²) in [6, 6.07) is 6.89. The third kappa shape index (κ3) is 6.84. The molecule has 36 heavy (non-hydrogen) atoms. The normalized spacial score (nSPS) is 11.3. The summed E-state index contributed by atoms with van der Waals surface area (Å²) in [7, 11) is 0. The van der Waals surface area contributed by atoms with Gasteiger partial charge in [-0.3, -0.25) is 14.2 Å². The first-order chi connectivity index (χ1) is 17.2. The number of ether oxygens (including phenoxy) is 1. The molecule has 1 N–H and O–H groups in total. The first-order valence-corrected chi connectivity index (χ1v) is 12.2. The predicted octanol–water partition coefficient (Wildman–Crippen LogP) is 4.22. The third-order valence-corrected chi connectivity index (χ3v) is 5.61. The number of aromatic nitrogens is 3. The Balaban J connectivity index is 1.90. The van der Waals surface area contributed by atoms with Crippen LogP contribution in [-0.2, 0) is 16.1 Å². The number of hydrogen-bond acceptors (Lipinski definition) is 6. The fourth-order valence-electron chi connectivity index (χ4n) is 3.81. The van der Waals surface area contributed by atoms with Crippen LogP contribution >= 0.6 is 0 Å². The van der Waals surface area contributed by atoms with Crippen molar-refractivity contribution in [2.24, 2.45) is 0 Å². The van der Waals surface area contributed by atoms with Crippen molar-refractivity contribution >= 4 is 22.9 Å². The van der Waals surface area contributed by atoms with E-state index in [1.807, 2.05) is 20.8 Å². The molecule has 0 aliphatic heterocycles. The minimum absolute atomic E-state index is 0.00977. The van der Waals surface area contributed by atoms with Crippen molar-refractivity contribution in [3.63, 3.8) is 0 Å². The molecule has 0 unspecified atom stereocenters. The van der Waals surface area contributed by atoms with Gasteiger partial charge in [0, 0.05) is 32.1 Å². The van der Waals surface area contributed by atoms with Crippen LogP contribution in [0.3, 0.4) is 0 Å². The number of hydrogen-bond donors (Lipinski definition) is 1. The maximum atomic E-state index is 13.8. The maximum absolute atomic E-state index is 13.8. The second-order valence-electron chi connectivity index (χ2n) is 8.79. The largest absolute Gasteiger partial charge is 0.377 e. The van der Waals surface area contributed by atoms with Gasteiger partial charge >= 0.3 is 0 Å². The van der Waals surface area contributed by atoms with Crippen molar-refractivity contribution in [2.75, 3.05) is 31.6 Å². The van der Waals surface area contributed by atoms with Gasteiger partial charge < -0.3 is 15.0 Å². The number of rotatable bonds is 12. The number of amides is 1. The molecule has 1 aromatic carbocycles. The molecule has 0 aliphatic carbocycles. The van der Waals surface area contributed by atoms with Gasteiger partial charge in [-0.05, 0) is 57.0 Å². The van der Waals surface area contributed by atoms with Crippen molar-refractivity contribution in [1.29, 1.82) is 0 Å². The molecule has 2 aromatic heterocycles. The lowest BCUT2D eigenvalue weighted by molar-refractivity contribution is -0.128. The van der Waals surface area contributed by atoms with Crippen LogP contribution in [0.5, 0.6) is 0 Å². The second kappa shape index (κ2) is 12.5. The summed E-state index contributed by atoms with van der Waals surface area (Å²) < 4.78 is 34.3. The molecule has 10 heteroatoms. The number of carbonyl (C=O) groups is 1.